The van der Waals surface area contributed by atoms with Gasteiger partial charge in [-0.1, -0.05) is 0 Å². The molecule has 1 atom stereocenters. The van der Waals surface area contributed by atoms with Crippen molar-refractivity contribution in [3.8, 4) is 0 Å². The van der Waals surface area contributed by atoms with Gasteiger partial charge in [-0.3, -0.25) is 19.7 Å². The number of carboxylic acid groups (broad SMARTS) is 2. The fourth-order valence-corrected chi connectivity index (χ4v) is 1.27. The summed E-state index contributed by atoms with van der Waals surface area (Å²) in [5.41, 5.74) is 0. The number of carbonyl (C=O) groups is 3. The number of hydrogen-bond donors (Lipinski definition) is 2. The summed E-state index contributed by atoms with van der Waals surface area (Å²) in [6.45, 7) is 0. The van der Waals surface area contributed by atoms with Gasteiger partial charge >= 0.3 is 17.8 Å². The molecule has 0 saturated heterocycles. The lowest BCUT2D eigenvalue weighted by Crippen LogP contribution is -2.23. The van der Waals surface area contributed by atoms with E-state index in [4.69, 9.17) is 10.2 Å². The molecule has 0 aliphatic carbocycles. The Kier molecular flexibility index (Phi) is 3.77. The van der Waals surface area contributed by atoms with Crippen LogP contribution in [0.5, 0.6) is 0 Å². The predicted molar refractivity (Wildman–Crippen MR) is 53.0 cm³/mol. The van der Waals surface area contributed by atoms with Crippen LogP contribution in [0.1, 0.15) is 18.1 Å². The predicted octanol–water partition coefficient (Wildman–Crippen LogP) is 0.400. The highest BCUT2D eigenvalue weighted by molar-refractivity contribution is 6.35. The van der Waals surface area contributed by atoms with Gasteiger partial charge in [-0.25, -0.2) is 4.79 Å². The molecule has 2 N–H and O–H groups in total. The Bertz CT molecular complexity index is 516. The molecule has 96 valence electrons. The van der Waals surface area contributed by atoms with Crippen LogP contribution in [0, 0.1) is 10.1 Å². The number of furan rings is 1. The molecule has 0 aliphatic heterocycles. The van der Waals surface area contributed by atoms with Gasteiger partial charge in [-0.05, 0) is 6.07 Å². The molecule has 0 bridgehead atoms. The van der Waals surface area contributed by atoms with E-state index < -0.39 is 40.9 Å². The Morgan fingerprint density at radius 2 is 1.94 bits per heavy atom. The molecular weight excluding hydrogens is 250 g/mol. The average Bonchev–Trinajstić information content (AvgIpc) is 2.73. The van der Waals surface area contributed by atoms with Gasteiger partial charge in [-0.15, -0.1) is 0 Å². The van der Waals surface area contributed by atoms with E-state index in [0.717, 1.165) is 12.1 Å². The van der Waals surface area contributed by atoms with Gasteiger partial charge in [-0.2, -0.15) is 0 Å². The van der Waals surface area contributed by atoms with Crippen LogP contribution in [0.25, 0.3) is 0 Å². The van der Waals surface area contributed by atoms with Crippen LogP contribution in [0.4, 0.5) is 5.88 Å². The molecule has 1 heterocycles. The second kappa shape index (κ2) is 5.08. The second-order valence-corrected chi connectivity index (χ2v) is 3.25. The van der Waals surface area contributed by atoms with Crippen molar-refractivity contribution in [2.75, 3.05) is 0 Å². The van der Waals surface area contributed by atoms with E-state index in [-0.39, 0.29) is 5.76 Å². The van der Waals surface area contributed by atoms with Crippen LogP contribution in [-0.4, -0.2) is 32.9 Å². The molecule has 1 unspecified atom stereocenters. The number of hydrogen-bond acceptors (Lipinski definition) is 6. The van der Waals surface area contributed by atoms with Crippen molar-refractivity contribution in [2.24, 2.45) is 0 Å². The summed E-state index contributed by atoms with van der Waals surface area (Å²) in [4.78, 5) is 41.8. The average molecular weight is 257 g/mol. The number of ketones is 1. The summed E-state index contributed by atoms with van der Waals surface area (Å²) in [6.07, 6.45) is -0.824. The summed E-state index contributed by atoms with van der Waals surface area (Å²) >= 11 is 0. The van der Waals surface area contributed by atoms with Gasteiger partial charge in [0.2, 0.25) is 0 Å². The van der Waals surface area contributed by atoms with Crippen LogP contribution in [0.3, 0.4) is 0 Å². The number of aliphatic carboxylic acids is 2. The standard InChI is InChI=1S/C9H7NO8/c11-7(12)3-4(8(13)9(14)15)5-1-2-6(18-5)10(16)17/h1-2,4H,3H2,(H,11,12)(H,14,15). The minimum atomic E-state index is -1.83. The molecule has 9 heteroatoms. The first-order valence-corrected chi connectivity index (χ1v) is 4.56. The summed E-state index contributed by atoms with van der Waals surface area (Å²) in [5, 5.41) is 27.5. The van der Waals surface area contributed by atoms with Gasteiger partial charge in [0, 0.05) is 0 Å². The zero-order valence-electron chi connectivity index (χ0n) is 8.73. The third-order valence-corrected chi connectivity index (χ3v) is 2.04. The highest BCUT2D eigenvalue weighted by Gasteiger charge is 2.32. The molecule has 0 aliphatic rings. The highest BCUT2D eigenvalue weighted by atomic mass is 16.6. The Balaban J connectivity index is 3.08. The fourth-order valence-electron chi connectivity index (χ4n) is 1.27. The Hall–Kier alpha value is -2.71. The minimum Gasteiger partial charge on any atom is -0.481 e. The van der Waals surface area contributed by atoms with E-state index in [1.807, 2.05) is 0 Å². The maximum Gasteiger partial charge on any atom is 0.433 e. The molecule has 9 nitrogen and oxygen atoms in total. The van der Waals surface area contributed by atoms with E-state index in [2.05, 4.69) is 4.42 Å². The molecule has 0 fully saturated rings. The maximum absolute atomic E-state index is 11.3. The van der Waals surface area contributed by atoms with Gasteiger partial charge in [0.15, 0.2) is 0 Å². The SMILES string of the molecule is O=C(O)CC(C(=O)C(=O)O)c1ccc([N+](=O)[O-])o1. The largest absolute Gasteiger partial charge is 0.481 e. The minimum absolute atomic E-state index is 0.364. The number of carbonyl (C=O) groups excluding carboxylic acids is 1. The van der Waals surface area contributed by atoms with Crippen molar-refractivity contribution >= 4 is 23.6 Å². The first-order valence-electron chi connectivity index (χ1n) is 4.56. The molecule has 0 spiro atoms. The molecule has 1 aromatic heterocycles. The lowest BCUT2D eigenvalue weighted by atomic mass is 9.97. The lowest BCUT2D eigenvalue weighted by Gasteiger charge is -2.06. The van der Waals surface area contributed by atoms with Crippen molar-refractivity contribution in [3.05, 3.63) is 28.0 Å². The smallest absolute Gasteiger partial charge is 0.433 e. The van der Waals surface area contributed by atoms with Crippen LogP contribution < -0.4 is 0 Å². The van der Waals surface area contributed by atoms with E-state index in [1.165, 1.54) is 0 Å². The maximum atomic E-state index is 11.3. The van der Waals surface area contributed by atoms with Crippen molar-refractivity contribution in [2.45, 2.75) is 12.3 Å². The number of rotatable bonds is 6. The van der Waals surface area contributed by atoms with Gasteiger partial charge in [0.05, 0.1) is 18.4 Å². The van der Waals surface area contributed by atoms with E-state index in [0.29, 0.717) is 0 Å². The molecule has 0 amide bonds. The Morgan fingerprint density at radius 3 is 2.33 bits per heavy atom. The quantitative estimate of drug-likeness (QED) is 0.422. The third-order valence-electron chi connectivity index (χ3n) is 2.04. The van der Waals surface area contributed by atoms with Crippen molar-refractivity contribution in [3.63, 3.8) is 0 Å². The highest BCUT2D eigenvalue weighted by Crippen LogP contribution is 2.26. The number of nitro groups is 1. The second-order valence-electron chi connectivity index (χ2n) is 3.25. The van der Waals surface area contributed by atoms with Crippen molar-refractivity contribution in [1.29, 1.82) is 0 Å². The Labute approximate surface area is 98.8 Å². The summed E-state index contributed by atoms with van der Waals surface area (Å²) in [6, 6.07) is 1.92. The van der Waals surface area contributed by atoms with Crippen LogP contribution in [0.15, 0.2) is 16.5 Å². The van der Waals surface area contributed by atoms with Crippen LogP contribution >= 0.6 is 0 Å². The molecular formula is C9H7NO8. The van der Waals surface area contributed by atoms with Crippen LogP contribution in [0.2, 0.25) is 0 Å². The molecule has 0 saturated carbocycles. The molecule has 1 rings (SSSR count). The topological polar surface area (TPSA) is 148 Å². The molecule has 18 heavy (non-hydrogen) atoms. The van der Waals surface area contributed by atoms with Crippen molar-refractivity contribution in [1.82, 2.24) is 0 Å². The monoisotopic (exact) mass is 257 g/mol. The van der Waals surface area contributed by atoms with E-state index in [9.17, 15) is 24.5 Å². The Morgan fingerprint density at radius 1 is 1.33 bits per heavy atom. The van der Waals surface area contributed by atoms with E-state index >= 15 is 0 Å². The van der Waals surface area contributed by atoms with Crippen molar-refractivity contribution < 1.29 is 33.9 Å². The van der Waals surface area contributed by atoms with Gasteiger partial charge in [0.25, 0.3) is 5.78 Å². The molecule has 0 aromatic carbocycles. The number of carboxylic acids is 2. The molecule has 1 aromatic rings. The summed E-state index contributed by atoms with van der Waals surface area (Å²) in [5.74, 6) is -7.31. The zero-order valence-corrected chi connectivity index (χ0v) is 8.73. The van der Waals surface area contributed by atoms with E-state index in [1.54, 1.807) is 0 Å². The summed E-state index contributed by atoms with van der Waals surface area (Å²) < 4.78 is 4.63. The third kappa shape index (κ3) is 2.90. The number of nitrogens with zero attached hydrogens (tertiary/aromatic N) is 1. The van der Waals surface area contributed by atoms with Gasteiger partial charge in [0.1, 0.15) is 10.7 Å². The van der Waals surface area contributed by atoms with Crippen LogP contribution in [-0.2, 0) is 14.4 Å². The fraction of sp³-hybridized carbons (Fsp3) is 0.222. The number of Topliss-reactive ketones (excluding diaryl/α,β-unsaturated/α-hetero) is 1. The lowest BCUT2D eigenvalue weighted by molar-refractivity contribution is -0.402. The zero-order chi connectivity index (χ0) is 13.9. The summed E-state index contributed by atoms with van der Waals surface area (Å²) in [7, 11) is 0. The first kappa shape index (κ1) is 13.4. The first-order chi connectivity index (χ1) is 8.32. The molecule has 0 radical (unpaired) electrons. The normalized spacial score (nSPS) is 11.8. The van der Waals surface area contributed by atoms with Gasteiger partial charge < -0.3 is 14.6 Å².